The summed E-state index contributed by atoms with van der Waals surface area (Å²) in [6, 6.07) is 11.6. The molecule has 5 nitrogen and oxygen atoms in total. The number of rotatable bonds is 3. The molecule has 0 fully saturated rings. The standard InChI is InChI=1S/C17H11ClF3N3O2/c18-11-7-5-10(6-8-11)9-14(25)22-24-16(26)13-4-2-1-3-12(13)15(23-24)17(19,20)21/h1-8H,9H2,(H,22,25). The molecular weight excluding hydrogens is 371 g/mol. The van der Waals surface area contributed by atoms with Gasteiger partial charge >= 0.3 is 6.18 Å². The van der Waals surface area contributed by atoms with Crippen LogP contribution in [0.5, 0.6) is 0 Å². The second-order valence-electron chi connectivity index (χ2n) is 5.45. The van der Waals surface area contributed by atoms with Crippen molar-refractivity contribution in [2.75, 3.05) is 5.43 Å². The molecule has 0 aliphatic rings. The van der Waals surface area contributed by atoms with E-state index in [1.165, 1.54) is 18.2 Å². The summed E-state index contributed by atoms with van der Waals surface area (Å²) >= 11 is 5.75. The van der Waals surface area contributed by atoms with Crippen LogP contribution in [-0.4, -0.2) is 15.8 Å². The molecule has 1 heterocycles. The Labute approximate surface area is 150 Å². The third-order valence-electron chi connectivity index (χ3n) is 3.58. The topological polar surface area (TPSA) is 64.0 Å². The van der Waals surface area contributed by atoms with E-state index >= 15 is 0 Å². The van der Waals surface area contributed by atoms with Crippen molar-refractivity contribution in [2.45, 2.75) is 12.6 Å². The van der Waals surface area contributed by atoms with Crippen LogP contribution in [0.4, 0.5) is 13.2 Å². The molecule has 0 bridgehead atoms. The van der Waals surface area contributed by atoms with Gasteiger partial charge in [-0.15, -0.1) is 9.89 Å². The number of carbonyl (C=O) groups excluding carboxylic acids is 1. The number of halogens is 4. The largest absolute Gasteiger partial charge is 0.435 e. The zero-order chi connectivity index (χ0) is 18.9. The van der Waals surface area contributed by atoms with Crippen LogP contribution >= 0.6 is 11.6 Å². The number of carbonyl (C=O) groups is 1. The summed E-state index contributed by atoms with van der Waals surface area (Å²) < 4.78 is 39.7. The Balaban J connectivity index is 1.97. The normalized spacial score (nSPS) is 11.5. The lowest BCUT2D eigenvalue weighted by Crippen LogP contribution is -2.37. The van der Waals surface area contributed by atoms with Crippen molar-refractivity contribution in [2.24, 2.45) is 0 Å². The molecule has 0 aliphatic heterocycles. The molecule has 9 heteroatoms. The van der Waals surface area contributed by atoms with Crippen LogP contribution in [0.1, 0.15) is 11.3 Å². The summed E-state index contributed by atoms with van der Waals surface area (Å²) in [5.74, 6) is -0.690. The molecule has 0 saturated carbocycles. The van der Waals surface area contributed by atoms with Crippen LogP contribution in [0.3, 0.4) is 0 Å². The maximum atomic E-state index is 13.2. The van der Waals surface area contributed by atoms with E-state index < -0.39 is 23.3 Å². The number of hydrogen-bond donors (Lipinski definition) is 1. The number of benzene rings is 2. The molecule has 0 unspecified atom stereocenters. The minimum atomic E-state index is -4.78. The summed E-state index contributed by atoms with van der Waals surface area (Å²) in [6.07, 6.45) is -4.94. The fraction of sp³-hybridized carbons (Fsp3) is 0.118. The molecule has 0 aliphatic carbocycles. The molecule has 0 saturated heterocycles. The van der Waals surface area contributed by atoms with Gasteiger partial charge in [-0.3, -0.25) is 9.59 Å². The van der Waals surface area contributed by atoms with Crippen LogP contribution in [0.25, 0.3) is 10.8 Å². The van der Waals surface area contributed by atoms with E-state index in [2.05, 4.69) is 10.5 Å². The number of aromatic nitrogens is 2. The van der Waals surface area contributed by atoms with E-state index in [1.54, 1.807) is 24.3 Å². The Morgan fingerprint density at radius 2 is 1.69 bits per heavy atom. The van der Waals surface area contributed by atoms with Crippen molar-refractivity contribution >= 4 is 28.3 Å². The van der Waals surface area contributed by atoms with Crippen LogP contribution in [0.15, 0.2) is 53.3 Å². The molecule has 134 valence electrons. The molecule has 0 radical (unpaired) electrons. The molecule has 1 amide bonds. The van der Waals surface area contributed by atoms with Crippen LogP contribution in [0.2, 0.25) is 5.02 Å². The Kier molecular flexibility index (Phi) is 4.69. The highest BCUT2D eigenvalue weighted by Crippen LogP contribution is 2.31. The smallest absolute Gasteiger partial charge is 0.273 e. The maximum Gasteiger partial charge on any atom is 0.435 e. The number of fused-ring (bicyclic) bond motifs is 1. The predicted octanol–water partition coefficient (Wildman–Crippen LogP) is 3.38. The first kappa shape index (κ1) is 17.9. The maximum absolute atomic E-state index is 13.2. The predicted molar refractivity (Wildman–Crippen MR) is 90.5 cm³/mol. The lowest BCUT2D eigenvalue weighted by atomic mass is 10.1. The first-order chi connectivity index (χ1) is 12.3. The van der Waals surface area contributed by atoms with Gasteiger partial charge in [-0.1, -0.05) is 41.9 Å². The fourth-order valence-corrected chi connectivity index (χ4v) is 2.55. The Hall–Kier alpha value is -2.87. The van der Waals surface area contributed by atoms with Gasteiger partial charge < -0.3 is 0 Å². The quantitative estimate of drug-likeness (QED) is 0.756. The van der Waals surface area contributed by atoms with Gasteiger partial charge in [0, 0.05) is 10.4 Å². The van der Waals surface area contributed by atoms with Gasteiger partial charge in [-0.25, -0.2) is 5.43 Å². The van der Waals surface area contributed by atoms with Gasteiger partial charge in [0.2, 0.25) is 5.91 Å². The highest BCUT2D eigenvalue weighted by molar-refractivity contribution is 6.30. The van der Waals surface area contributed by atoms with Crippen molar-refractivity contribution in [3.05, 3.63) is 75.2 Å². The Bertz CT molecular complexity index is 1030. The molecule has 1 N–H and O–H groups in total. The van der Waals surface area contributed by atoms with E-state index in [0.717, 1.165) is 6.07 Å². The van der Waals surface area contributed by atoms with E-state index in [9.17, 15) is 22.8 Å². The number of nitrogens with one attached hydrogen (secondary N) is 1. The first-order valence-corrected chi connectivity index (χ1v) is 7.77. The average molecular weight is 382 g/mol. The Morgan fingerprint density at radius 1 is 1.08 bits per heavy atom. The lowest BCUT2D eigenvalue weighted by Gasteiger charge is -2.13. The Morgan fingerprint density at radius 3 is 2.31 bits per heavy atom. The van der Waals surface area contributed by atoms with Crippen LogP contribution in [-0.2, 0) is 17.4 Å². The number of nitrogens with zero attached hydrogens (tertiary/aromatic N) is 2. The van der Waals surface area contributed by atoms with Crippen molar-refractivity contribution in [1.29, 1.82) is 0 Å². The van der Waals surface area contributed by atoms with Crippen LogP contribution < -0.4 is 11.0 Å². The molecule has 26 heavy (non-hydrogen) atoms. The zero-order valence-corrected chi connectivity index (χ0v) is 13.8. The molecule has 0 spiro atoms. The minimum absolute atomic E-state index is 0.153. The average Bonchev–Trinajstić information content (AvgIpc) is 2.58. The van der Waals surface area contributed by atoms with Crippen LogP contribution in [0, 0.1) is 0 Å². The van der Waals surface area contributed by atoms with Crippen molar-refractivity contribution in [3.8, 4) is 0 Å². The number of hydrogen-bond acceptors (Lipinski definition) is 3. The van der Waals surface area contributed by atoms with Gasteiger partial charge in [0.15, 0.2) is 5.69 Å². The highest BCUT2D eigenvalue weighted by atomic mass is 35.5. The molecule has 0 atom stereocenters. The van der Waals surface area contributed by atoms with Gasteiger partial charge in [-0.05, 0) is 23.8 Å². The molecule has 1 aromatic heterocycles. The second kappa shape index (κ2) is 6.80. The first-order valence-electron chi connectivity index (χ1n) is 7.39. The minimum Gasteiger partial charge on any atom is -0.273 e. The highest BCUT2D eigenvalue weighted by Gasteiger charge is 2.36. The summed E-state index contributed by atoms with van der Waals surface area (Å²) in [5.41, 5.74) is 0.580. The molecule has 3 aromatic rings. The summed E-state index contributed by atoms with van der Waals surface area (Å²) in [4.78, 5) is 24.8. The monoisotopic (exact) mass is 381 g/mol. The van der Waals surface area contributed by atoms with Gasteiger partial charge in [-0.2, -0.15) is 13.2 Å². The molecule has 3 rings (SSSR count). The summed E-state index contributed by atoms with van der Waals surface area (Å²) in [5, 5.41) is 3.26. The lowest BCUT2D eigenvalue weighted by molar-refractivity contribution is -0.141. The SMILES string of the molecule is O=C(Cc1ccc(Cl)cc1)Nn1nc(C(F)(F)F)c2ccccc2c1=O. The van der Waals surface area contributed by atoms with E-state index in [-0.39, 0.29) is 17.2 Å². The van der Waals surface area contributed by atoms with Gasteiger partial charge in [0.1, 0.15) is 0 Å². The van der Waals surface area contributed by atoms with Crippen molar-refractivity contribution < 1.29 is 18.0 Å². The van der Waals surface area contributed by atoms with Crippen molar-refractivity contribution in [3.63, 3.8) is 0 Å². The summed E-state index contributed by atoms with van der Waals surface area (Å²) in [6.45, 7) is 0. The zero-order valence-electron chi connectivity index (χ0n) is 13.0. The van der Waals surface area contributed by atoms with Gasteiger partial charge in [0.25, 0.3) is 5.56 Å². The number of alkyl halides is 3. The third-order valence-corrected chi connectivity index (χ3v) is 3.83. The van der Waals surface area contributed by atoms with E-state index in [1.807, 2.05) is 0 Å². The van der Waals surface area contributed by atoms with Gasteiger partial charge in [0.05, 0.1) is 11.8 Å². The fourth-order valence-electron chi connectivity index (χ4n) is 2.42. The van der Waals surface area contributed by atoms with E-state index in [4.69, 9.17) is 11.6 Å². The van der Waals surface area contributed by atoms with Crippen molar-refractivity contribution in [1.82, 2.24) is 9.89 Å². The molecule has 2 aromatic carbocycles. The second-order valence-corrected chi connectivity index (χ2v) is 5.88. The number of amides is 1. The van der Waals surface area contributed by atoms with E-state index in [0.29, 0.717) is 15.4 Å². The molecular formula is C17H11ClF3N3O2. The summed E-state index contributed by atoms with van der Waals surface area (Å²) in [7, 11) is 0. The third kappa shape index (κ3) is 3.70.